The molecule has 0 aromatic heterocycles. The second kappa shape index (κ2) is 4.20. The summed E-state index contributed by atoms with van der Waals surface area (Å²) in [5, 5.41) is 10.7. The van der Waals surface area contributed by atoms with Crippen molar-refractivity contribution in [1.29, 1.82) is 5.41 Å². The first-order valence-electron chi connectivity index (χ1n) is 4.06. The lowest BCUT2D eigenvalue weighted by molar-refractivity contribution is -0.248. The fraction of sp³-hybridized carbons (Fsp3) is 0.714. The molecule has 0 saturated heterocycles. The van der Waals surface area contributed by atoms with Crippen LogP contribution in [0.5, 0.6) is 0 Å². The number of hydrogen-bond donors (Lipinski definition) is 1. The maximum atomic E-state index is 12.3. The van der Waals surface area contributed by atoms with Crippen molar-refractivity contribution in [3.05, 3.63) is 0 Å². The van der Waals surface area contributed by atoms with Gasteiger partial charge >= 0.3 is 6.30 Å². The van der Waals surface area contributed by atoms with Crippen molar-refractivity contribution in [3.8, 4) is 0 Å². The largest absolute Gasteiger partial charge is 0.501 e. The first kappa shape index (κ1) is 11.4. The summed E-state index contributed by atoms with van der Waals surface area (Å²) in [6, 6.07) is -0.958. The van der Waals surface area contributed by atoms with Crippen molar-refractivity contribution in [2.24, 2.45) is 5.10 Å². The summed E-state index contributed by atoms with van der Waals surface area (Å²) in [5.74, 6) is 0.598. The summed E-state index contributed by atoms with van der Waals surface area (Å²) in [6.45, 7) is 1.80. The lowest BCUT2D eigenvalue weighted by Gasteiger charge is -2.25. The molecular weight excluding hydrogens is 215 g/mol. The van der Waals surface area contributed by atoms with Gasteiger partial charge in [-0.3, -0.25) is 5.41 Å². The molecule has 1 atom stereocenters. The summed E-state index contributed by atoms with van der Waals surface area (Å²) in [7, 11) is 0. The Kier molecular flexibility index (Phi) is 3.41. The Labute approximate surface area is 83.9 Å². The highest BCUT2D eigenvalue weighted by molar-refractivity contribution is 8.13. The van der Waals surface area contributed by atoms with E-state index in [1.54, 1.807) is 6.92 Å². The Balaban J connectivity index is 2.67. The number of hydrazone groups is 1. The highest BCUT2D eigenvalue weighted by Gasteiger charge is 2.44. The zero-order valence-corrected chi connectivity index (χ0v) is 8.32. The highest BCUT2D eigenvalue weighted by Crippen LogP contribution is 2.30. The van der Waals surface area contributed by atoms with Crippen LogP contribution in [0.2, 0.25) is 0 Å². The minimum absolute atomic E-state index is 0.0160. The average Bonchev–Trinajstić information content (AvgIpc) is 2.50. The van der Waals surface area contributed by atoms with Crippen molar-refractivity contribution in [3.63, 3.8) is 0 Å². The predicted molar refractivity (Wildman–Crippen MR) is 50.6 cm³/mol. The van der Waals surface area contributed by atoms with Crippen LogP contribution >= 0.6 is 11.8 Å². The van der Waals surface area contributed by atoms with Gasteiger partial charge < -0.3 is 0 Å². The zero-order chi connectivity index (χ0) is 10.8. The maximum Gasteiger partial charge on any atom is 0.501 e. The third-order valence-electron chi connectivity index (χ3n) is 1.69. The monoisotopic (exact) mass is 225 g/mol. The molecule has 0 aliphatic carbocycles. The van der Waals surface area contributed by atoms with Crippen LogP contribution in [0.25, 0.3) is 0 Å². The SMILES string of the molecule is CCSC(=N)C1CC=NN1C(F)(F)F. The van der Waals surface area contributed by atoms with Crippen molar-refractivity contribution in [2.45, 2.75) is 25.7 Å². The van der Waals surface area contributed by atoms with E-state index in [-0.39, 0.29) is 16.5 Å². The van der Waals surface area contributed by atoms with Gasteiger partial charge in [0.05, 0.1) is 5.04 Å². The van der Waals surface area contributed by atoms with E-state index in [1.165, 1.54) is 6.21 Å². The molecule has 80 valence electrons. The Hall–Kier alpha value is -0.720. The van der Waals surface area contributed by atoms with E-state index in [2.05, 4.69) is 5.10 Å². The molecule has 1 aliphatic rings. The molecule has 1 unspecified atom stereocenters. The number of thioether (sulfide) groups is 1. The van der Waals surface area contributed by atoms with Crippen LogP contribution in [-0.4, -0.2) is 34.4 Å². The van der Waals surface area contributed by atoms with Crippen LogP contribution < -0.4 is 0 Å². The van der Waals surface area contributed by atoms with E-state index in [0.717, 1.165) is 11.8 Å². The highest BCUT2D eigenvalue weighted by atomic mass is 32.2. The first-order valence-corrected chi connectivity index (χ1v) is 5.05. The van der Waals surface area contributed by atoms with Crippen LogP contribution in [0, 0.1) is 5.41 Å². The number of nitrogens with zero attached hydrogens (tertiary/aromatic N) is 2. The van der Waals surface area contributed by atoms with Crippen LogP contribution in [0.1, 0.15) is 13.3 Å². The van der Waals surface area contributed by atoms with Gasteiger partial charge in [-0.25, -0.2) is 0 Å². The van der Waals surface area contributed by atoms with Crippen molar-refractivity contribution < 1.29 is 13.2 Å². The van der Waals surface area contributed by atoms with Crippen LogP contribution in [0.15, 0.2) is 5.10 Å². The van der Waals surface area contributed by atoms with Gasteiger partial charge in [0.15, 0.2) is 0 Å². The third kappa shape index (κ3) is 2.40. The molecule has 1 N–H and O–H groups in total. The van der Waals surface area contributed by atoms with E-state index in [4.69, 9.17) is 5.41 Å². The Morgan fingerprint density at radius 3 is 2.86 bits per heavy atom. The summed E-state index contributed by atoms with van der Waals surface area (Å²) < 4.78 is 37.0. The van der Waals surface area contributed by atoms with E-state index in [0.29, 0.717) is 5.75 Å². The molecule has 1 heterocycles. The molecule has 0 aromatic carbocycles. The molecule has 0 saturated carbocycles. The van der Waals surface area contributed by atoms with Gasteiger partial charge in [0.1, 0.15) is 6.04 Å². The second-order valence-electron chi connectivity index (χ2n) is 2.66. The standard InChI is InChI=1S/C7H10F3N3S/c1-2-14-6(11)5-3-4-12-13(5)7(8,9)10/h4-5,11H,2-3H2,1H3. The second-order valence-corrected chi connectivity index (χ2v) is 3.97. The van der Waals surface area contributed by atoms with E-state index in [9.17, 15) is 13.2 Å². The number of hydrogen-bond acceptors (Lipinski definition) is 4. The molecule has 0 amide bonds. The summed E-state index contributed by atoms with van der Waals surface area (Å²) in [5.41, 5.74) is 0. The Morgan fingerprint density at radius 1 is 1.71 bits per heavy atom. The normalized spacial score (nSPS) is 21.7. The van der Waals surface area contributed by atoms with Gasteiger partial charge in [0.2, 0.25) is 0 Å². The van der Waals surface area contributed by atoms with Crippen molar-refractivity contribution >= 4 is 23.0 Å². The van der Waals surface area contributed by atoms with Crippen molar-refractivity contribution in [2.75, 3.05) is 5.75 Å². The minimum atomic E-state index is -4.49. The molecule has 0 radical (unpaired) electrons. The van der Waals surface area contributed by atoms with E-state index in [1.807, 2.05) is 0 Å². The van der Waals surface area contributed by atoms with Crippen molar-refractivity contribution in [1.82, 2.24) is 5.01 Å². The average molecular weight is 225 g/mol. The fourth-order valence-corrected chi connectivity index (χ4v) is 1.83. The van der Waals surface area contributed by atoms with Crippen LogP contribution in [0.3, 0.4) is 0 Å². The summed E-state index contributed by atoms with van der Waals surface area (Å²) in [4.78, 5) is 0. The first-order chi connectivity index (χ1) is 6.46. The molecule has 3 nitrogen and oxygen atoms in total. The molecule has 0 fully saturated rings. The topological polar surface area (TPSA) is 39.5 Å². The fourth-order valence-electron chi connectivity index (χ4n) is 1.13. The molecule has 1 rings (SSSR count). The molecule has 7 heteroatoms. The van der Waals surface area contributed by atoms with Gasteiger partial charge in [-0.15, -0.1) is 24.9 Å². The molecule has 0 spiro atoms. The number of rotatable bonds is 2. The van der Waals surface area contributed by atoms with Gasteiger partial charge in [0.25, 0.3) is 0 Å². The summed E-state index contributed by atoms with van der Waals surface area (Å²) >= 11 is 1.11. The molecular formula is C7H10F3N3S. The zero-order valence-electron chi connectivity index (χ0n) is 7.51. The molecule has 0 bridgehead atoms. The van der Waals surface area contributed by atoms with Crippen LogP contribution in [-0.2, 0) is 0 Å². The minimum Gasteiger partial charge on any atom is -0.296 e. The summed E-state index contributed by atoms with van der Waals surface area (Å²) in [6.07, 6.45) is -3.13. The van der Waals surface area contributed by atoms with Gasteiger partial charge in [-0.1, -0.05) is 6.92 Å². The lowest BCUT2D eigenvalue weighted by atomic mass is 10.2. The number of alkyl halides is 3. The Morgan fingerprint density at radius 2 is 2.36 bits per heavy atom. The molecule has 14 heavy (non-hydrogen) atoms. The van der Waals surface area contributed by atoms with E-state index < -0.39 is 12.3 Å². The maximum absolute atomic E-state index is 12.3. The Bertz CT molecular complexity index is 251. The van der Waals surface area contributed by atoms with Gasteiger partial charge in [0, 0.05) is 12.6 Å². The number of nitrogens with one attached hydrogen (secondary N) is 1. The smallest absolute Gasteiger partial charge is 0.296 e. The molecule has 1 aliphatic heterocycles. The number of halogens is 3. The van der Waals surface area contributed by atoms with Gasteiger partial charge in [-0.05, 0) is 5.75 Å². The quantitative estimate of drug-likeness (QED) is 0.445. The van der Waals surface area contributed by atoms with E-state index >= 15 is 0 Å². The lowest BCUT2D eigenvalue weighted by Crippen LogP contribution is -2.42. The molecule has 0 aromatic rings. The van der Waals surface area contributed by atoms with Crippen LogP contribution in [0.4, 0.5) is 13.2 Å². The predicted octanol–water partition coefficient (Wildman–Crippen LogP) is 2.30. The third-order valence-corrected chi connectivity index (χ3v) is 2.56. The van der Waals surface area contributed by atoms with Gasteiger partial charge in [-0.2, -0.15) is 10.1 Å².